The van der Waals surface area contributed by atoms with Crippen molar-refractivity contribution in [3.05, 3.63) is 35.2 Å². The van der Waals surface area contributed by atoms with E-state index in [1.165, 1.54) is 0 Å². The first-order valence-electron chi connectivity index (χ1n) is 9.27. The summed E-state index contributed by atoms with van der Waals surface area (Å²) >= 11 is 5.99. The first kappa shape index (κ1) is 22.5. The summed E-state index contributed by atoms with van der Waals surface area (Å²) in [6.07, 6.45) is 0.0823. The van der Waals surface area contributed by atoms with Crippen LogP contribution in [0.4, 0.5) is 4.79 Å². The van der Waals surface area contributed by atoms with Gasteiger partial charge in [0, 0.05) is 43.7 Å². The maximum atomic E-state index is 11.6. The Kier molecular flexibility index (Phi) is 8.26. The smallest absolute Gasteiger partial charge is 0.407 e. The number of hydrogen-bond donors (Lipinski definition) is 3. The van der Waals surface area contributed by atoms with Crippen molar-refractivity contribution in [3.63, 3.8) is 0 Å². The molecule has 1 aromatic carbocycles. The van der Waals surface area contributed by atoms with Gasteiger partial charge in [-0.2, -0.15) is 4.98 Å². The summed E-state index contributed by atoms with van der Waals surface area (Å²) < 4.78 is 10.4. The van der Waals surface area contributed by atoms with E-state index in [0.29, 0.717) is 48.8 Å². The van der Waals surface area contributed by atoms with E-state index in [2.05, 4.69) is 31.1 Å². The van der Waals surface area contributed by atoms with E-state index in [-0.39, 0.29) is 0 Å². The van der Waals surface area contributed by atoms with Crippen LogP contribution in [0.15, 0.2) is 33.8 Å². The molecule has 1 amide bonds. The fourth-order valence-electron chi connectivity index (χ4n) is 2.27. The molecule has 1 aromatic heterocycles. The molecule has 2 aromatic rings. The van der Waals surface area contributed by atoms with Gasteiger partial charge in [-0.25, -0.2) is 4.79 Å². The zero-order valence-electron chi connectivity index (χ0n) is 17.1. The van der Waals surface area contributed by atoms with Gasteiger partial charge in [-0.3, -0.25) is 4.99 Å². The number of benzene rings is 1. The number of alkyl carbamates (subject to hydrolysis) is 1. The minimum atomic E-state index is -0.517. The molecule has 0 saturated heterocycles. The number of halogens is 1. The Balaban J connectivity index is 1.69. The minimum Gasteiger partial charge on any atom is -0.444 e. The van der Waals surface area contributed by atoms with Crippen LogP contribution in [0, 0.1) is 0 Å². The molecule has 2 rings (SSSR count). The number of rotatable bonds is 7. The number of hydrogen-bond acceptors (Lipinski definition) is 6. The first-order valence-corrected chi connectivity index (χ1v) is 9.64. The van der Waals surface area contributed by atoms with E-state index < -0.39 is 11.7 Å². The monoisotopic (exact) mass is 422 g/mol. The van der Waals surface area contributed by atoms with Crippen LogP contribution in [0.25, 0.3) is 11.4 Å². The summed E-state index contributed by atoms with van der Waals surface area (Å²) in [5.41, 5.74) is 0.284. The van der Waals surface area contributed by atoms with Gasteiger partial charge in [0.05, 0.1) is 0 Å². The van der Waals surface area contributed by atoms with Crippen molar-refractivity contribution in [2.75, 3.05) is 26.7 Å². The molecule has 0 unspecified atom stereocenters. The molecule has 0 atom stereocenters. The van der Waals surface area contributed by atoms with Crippen molar-refractivity contribution in [2.24, 2.45) is 4.99 Å². The Morgan fingerprint density at radius 3 is 2.62 bits per heavy atom. The van der Waals surface area contributed by atoms with Gasteiger partial charge in [-0.05, 0) is 32.9 Å². The van der Waals surface area contributed by atoms with E-state index in [1.54, 1.807) is 19.2 Å². The Bertz CT molecular complexity index is 831. The highest BCUT2D eigenvalue weighted by molar-refractivity contribution is 6.30. The number of amides is 1. The molecule has 29 heavy (non-hydrogen) atoms. The van der Waals surface area contributed by atoms with Crippen LogP contribution < -0.4 is 16.0 Å². The van der Waals surface area contributed by atoms with Crippen molar-refractivity contribution in [1.29, 1.82) is 0 Å². The van der Waals surface area contributed by atoms with Gasteiger partial charge in [0.1, 0.15) is 5.60 Å². The van der Waals surface area contributed by atoms with E-state index >= 15 is 0 Å². The molecule has 0 saturated carbocycles. The lowest BCUT2D eigenvalue weighted by Gasteiger charge is -2.19. The van der Waals surface area contributed by atoms with Crippen LogP contribution in [0.1, 0.15) is 26.7 Å². The largest absolute Gasteiger partial charge is 0.444 e. The number of nitrogens with one attached hydrogen (secondary N) is 3. The number of aromatic nitrogens is 2. The molecule has 3 N–H and O–H groups in total. The average molecular weight is 423 g/mol. The lowest BCUT2D eigenvalue weighted by Crippen LogP contribution is -2.43. The Morgan fingerprint density at radius 2 is 1.93 bits per heavy atom. The summed E-state index contributed by atoms with van der Waals surface area (Å²) in [7, 11) is 1.67. The summed E-state index contributed by atoms with van der Waals surface area (Å²) in [5.74, 6) is 1.61. The Hall–Kier alpha value is -2.81. The average Bonchev–Trinajstić information content (AvgIpc) is 3.11. The van der Waals surface area contributed by atoms with Gasteiger partial charge in [0.2, 0.25) is 11.7 Å². The number of carbonyl (C=O) groups is 1. The number of aliphatic imine (C=N–C) groups is 1. The molecule has 0 aliphatic carbocycles. The van der Waals surface area contributed by atoms with Crippen molar-refractivity contribution in [3.8, 4) is 11.4 Å². The first-order chi connectivity index (χ1) is 13.8. The Morgan fingerprint density at radius 1 is 1.21 bits per heavy atom. The second kappa shape index (κ2) is 10.7. The summed E-state index contributed by atoms with van der Waals surface area (Å²) in [5, 5.41) is 13.5. The fourth-order valence-corrected chi connectivity index (χ4v) is 2.46. The summed E-state index contributed by atoms with van der Waals surface area (Å²) in [6.45, 7) is 6.91. The predicted octanol–water partition coefficient (Wildman–Crippen LogP) is 2.62. The van der Waals surface area contributed by atoms with Crippen molar-refractivity contribution in [2.45, 2.75) is 32.8 Å². The fraction of sp³-hybridized carbons (Fsp3) is 0.474. The third kappa shape index (κ3) is 8.39. The van der Waals surface area contributed by atoms with E-state index in [1.807, 2.05) is 32.9 Å². The molecule has 0 fully saturated rings. The van der Waals surface area contributed by atoms with E-state index in [4.69, 9.17) is 20.9 Å². The molecule has 0 aliphatic rings. The second-order valence-electron chi connectivity index (χ2n) is 7.13. The normalized spacial score (nSPS) is 11.8. The number of carbonyl (C=O) groups excluding carboxylic acids is 1. The van der Waals surface area contributed by atoms with E-state index in [9.17, 15) is 4.79 Å². The van der Waals surface area contributed by atoms with Gasteiger partial charge in [0.25, 0.3) is 0 Å². The van der Waals surface area contributed by atoms with Gasteiger partial charge < -0.3 is 25.2 Å². The molecular formula is C19H27ClN6O3. The van der Waals surface area contributed by atoms with Crippen molar-refractivity contribution >= 4 is 23.7 Å². The molecular weight excluding hydrogens is 396 g/mol. The standard InChI is InChI=1S/C19H27ClN6O3/c1-19(2,3)28-18(27)24-11-10-23-17(21-4)22-9-8-15-25-16(26-29-15)13-6-5-7-14(20)12-13/h5-7,12H,8-11H2,1-4H3,(H,24,27)(H2,21,22,23). The van der Waals surface area contributed by atoms with Gasteiger partial charge in [0.15, 0.2) is 5.96 Å². The maximum Gasteiger partial charge on any atom is 0.407 e. The number of nitrogens with zero attached hydrogens (tertiary/aromatic N) is 3. The molecule has 0 aliphatic heterocycles. The minimum absolute atomic E-state index is 0.405. The van der Waals surface area contributed by atoms with Crippen LogP contribution in [0.5, 0.6) is 0 Å². The molecule has 0 radical (unpaired) electrons. The van der Waals surface area contributed by atoms with Crippen LogP contribution in [-0.2, 0) is 11.2 Å². The van der Waals surface area contributed by atoms with Gasteiger partial charge in [-0.1, -0.05) is 28.9 Å². The predicted molar refractivity (Wildman–Crippen MR) is 112 cm³/mol. The highest BCUT2D eigenvalue weighted by Crippen LogP contribution is 2.19. The zero-order chi connectivity index (χ0) is 21.3. The molecule has 10 heteroatoms. The molecule has 0 bridgehead atoms. The summed E-state index contributed by atoms with van der Waals surface area (Å²) in [4.78, 5) is 20.1. The van der Waals surface area contributed by atoms with Crippen molar-refractivity contribution in [1.82, 2.24) is 26.1 Å². The number of guanidine groups is 1. The molecule has 158 valence electrons. The van der Waals surface area contributed by atoms with Gasteiger partial charge >= 0.3 is 6.09 Å². The van der Waals surface area contributed by atoms with Crippen LogP contribution in [-0.4, -0.2) is 54.5 Å². The Labute approximate surface area is 175 Å². The lowest BCUT2D eigenvalue weighted by molar-refractivity contribution is 0.0529. The molecule has 9 nitrogen and oxygen atoms in total. The summed E-state index contributed by atoms with van der Waals surface area (Å²) in [6, 6.07) is 7.28. The van der Waals surface area contributed by atoms with Gasteiger partial charge in [-0.15, -0.1) is 0 Å². The topological polar surface area (TPSA) is 114 Å². The third-order valence-corrected chi connectivity index (χ3v) is 3.73. The van der Waals surface area contributed by atoms with Crippen LogP contribution >= 0.6 is 11.6 Å². The molecule has 0 spiro atoms. The third-order valence-electron chi connectivity index (χ3n) is 3.49. The van der Waals surface area contributed by atoms with Crippen LogP contribution in [0.3, 0.4) is 0 Å². The highest BCUT2D eigenvalue weighted by Gasteiger charge is 2.15. The lowest BCUT2D eigenvalue weighted by atomic mass is 10.2. The SMILES string of the molecule is CN=C(NCCNC(=O)OC(C)(C)C)NCCc1nc(-c2cccc(Cl)c2)no1. The molecule has 1 heterocycles. The zero-order valence-corrected chi connectivity index (χ0v) is 17.8. The quantitative estimate of drug-likeness (QED) is 0.357. The highest BCUT2D eigenvalue weighted by atomic mass is 35.5. The van der Waals surface area contributed by atoms with E-state index in [0.717, 1.165) is 5.56 Å². The maximum absolute atomic E-state index is 11.6. The number of ether oxygens (including phenoxy) is 1. The van der Waals surface area contributed by atoms with Crippen molar-refractivity contribution < 1.29 is 14.1 Å². The van der Waals surface area contributed by atoms with Crippen LogP contribution in [0.2, 0.25) is 5.02 Å². The second-order valence-corrected chi connectivity index (χ2v) is 7.56.